The molecule has 3 N–H and O–H groups in total. The maximum atomic E-state index is 6.08. The molecule has 0 amide bonds. The van der Waals surface area contributed by atoms with Gasteiger partial charge >= 0.3 is 0 Å². The van der Waals surface area contributed by atoms with Crippen molar-refractivity contribution in [3.8, 4) is 0 Å². The standard InChI is InChI=1S/C26H35N5S2/c27-25(33-20-21-8-4-1-2-5-9-21)29-26(32)28-22-10-12-23(13-11-22)31-18-14-24(15-19-31)30-16-6-3-7-17-30/h1-2,4,8-13,24H,3,5-7,14-20H2,(H3,27,28,29,32). The molecule has 0 spiro atoms. The number of likely N-dealkylation sites (tertiary alicyclic amines) is 1. The first-order chi connectivity index (χ1) is 16.2. The van der Waals surface area contributed by atoms with Gasteiger partial charge in [-0.2, -0.15) is 4.99 Å². The number of anilines is 2. The molecule has 2 saturated heterocycles. The van der Waals surface area contributed by atoms with Gasteiger partial charge in [-0.25, -0.2) is 0 Å². The number of benzene rings is 1. The van der Waals surface area contributed by atoms with Gasteiger partial charge in [-0.05, 0) is 87.3 Å². The van der Waals surface area contributed by atoms with Crippen LogP contribution in [0.25, 0.3) is 0 Å². The average Bonchev–Trinajstić information content (AvgIpc) is 3.13. The number of nitrogens with two attached hydrogens (primary N) is 1. The lowest BCUT2D eigenvalue weighted by molar-refractivity contribution is 0.141. The number of thiocarbonyl (C=S) groups is 1. The molecule has 0 unspecified atom stereocenters. The zero-order chi connectivity index (χ0) is 22.9. The maximum Gasteiger partial charge on any atom is 0.199 e. The minimum absolute atomic E-state index is 0.391. The lowest BCUT2D eigenvalue weighted by atomic mass is 9.99. The molecule has 1 aromatic rings. The predicted octanol–water partition coefficient (Wildman–Crippen LogP) is 5.33. The van der Waals surface area contributed by atoms with Gasteiger partial charge in [0.25, 0.3) is 0 Å². The summed E-state index contributed by atoms with van der Waals surface area (Å²) in [5.41, 5.74) is 9.55. The highest BCUT2D eigenvalue weighted by atomic mass is 32.2. The summed E-state index contributed by atoms with van der Waals surface area (Å²) in [5.74, 6) is 0.791. The predicted molar refractivity (Wildman–Crippen MR) is 148 cm³/mol. The first-order valence-corrected chi connectivity index (χ1v) is 13.5. The largest absolute Gasteiger partial charge is 0.378 e. The van der Waals surface area contributed by atoms with E-state index in [0.29, 0.717) is 10.3 Å². The Bertz CT molecular complexity index is 905. The molecule has 0 atom stereocenters. The number of piperidine rings is 2. The second-order valence-electron chi connectivity index (χ2n) is 8.83. The van der Waals surface area contributed by atoms with Crippen molar-refractivity contribution in [3.63, 3.8) is 0 Å². The summed E-state index contributed by atoms with van der Waals surface area (Å²) in [6, 6.07) is 9.27. The molecular weight excluding hydrogens is 446 g/mol. The van der Waals surface area contributed by atoms with Gasteiger partial charge in [0.1, 0.15) is 0 Å². The quantitative estimate of drug-likeness (QED) is 0.337. The molecule has 0 saturated carbocycles. The second-order valence-corrected chi connectivity index (χ2v) is 10.2. The van der Waals surface area contributed by atoms with Crippen LogP contribution in [0.5, 0.6) is 0 Å². The van der Waals surface area contributed by atoms with E-state index in [-0.39, 0.29) is 0 Å². The third-order valence-corrected chi connectivity index (χ3v) is 7.59. The Labute approximate surface area is 207 Å². The highest BCUT2D eigenvalue weighted by Gasteiger charge is 2.25. The summed E-state index contributed by atoms with van der Waals surface area (Å²) in [4.78, 5) is 9.57. The van der Waals surface area contributed by atoms with Gasteiger partial charge in [-0.1, -0.05) is 48.6 Å². The zero-order valence-electron chi connectivity index (χ0n) is 19.3. The molecule has 2 heterocycles. The fourth-order valence-electron chi connectivity index (χ4n) is 4.70. The number of nitrogens with one attached hydrogen (secondary N) is 1. The third kappa shape index (κ3) is 7.45. The summed E-state index contributed by atoms with van der Waals surface area (Å²) >= 11 is 6.90. The Balaban J connectivity index is 1.22. The fourth-order valence-corrected chi connectivity index (χ4v) is 5.66. The molecular formula is C26H35N5S2. The van der Waals surface area contributed by atoms with Crippen LogP contribution in [0.3, 0.4) is 0 Å². The summed E-state index contributed by atoms with van der Waals surface area (Å²) in [7, 11) is 0. The maximum absolute atomic E-state index is 6.08. The SMILES string of the molecule is NC(=NC(=S)Nc1ccc(N2CCC(N3CCCCC3)CC2)cc1)SCC1=CCC=CC=C1. The summed E-state index contributed by atoms with van der Waals surface area (Å²) < 4.78 is 0. The minimum atomic E-state index is 0.391. The van der Waals surface area contributed by atoms with Crippen molar-refractivity contribution in [3.05, 3.63) is 60.2 Å². The Morgan fingerprint density at radius 1 is 1.06 bits per heavy atom. The first-order valence-electron chi connectivity index (χ1n) is 12.1. The van der Waals surface area contributed by atoms with Crippen molar-refractivity contribution in [1.29, 1.82) is 0 Å². The highest BCUT2D eigenvalue weighted by molar-refractivity contribution is 8.14. The van der Waals surface area contributed by atoms with Crippen molar-refractivity contribution in [1.82, 2.24) is 4.90 Å². The molecule has 5 nitrogen and oxygen atoms in total. The molecule has 0 radical (unpaired) electrons. The van der Waals surface area contributed by atoms with E-state index in [1.807, 2.05) is 0 Å². The van der Waals surface area contributed by atoms with Crippen LogP contribution in [0.2, 0.25) is 0 Å². The second kappa shape index (κ2) is 12.4. The number of allylic oxidation sites excluding steroid dienone is 5. The van der Waals surface area contributed by atoms with E-state index in [9.17, 15) is 0 Å². The van der Waals surface area contributed by atoms with Crippen molar-refractivity contribution in [2.24, 2.45) is 10.7 Å². The molecule has 33 heavy (non-hydrogen) atoms. The van der Waals surface area contributed by atoms with Gasteiger partial charge < -0.3 is 20.9 Å². The number of rotatable bonds is 5. The van der Waals surface area contributed by atoms with E-state index >= 15 is 0 Å². The van der Waals surface area contributed by atoms with E-state index in [1.54, 1.807) is 0 Å². The molecule has 0 bridgehead atoms. The van der Waals surface area contributed by atoms with Crippen LogP contribution in [-0.2, 0) is 0 Å². The Morgan fingerprint density at radius 2 is 1.82 bits per heavy atom. The van der Waals surface area contributed by atoms with Crippen molar-refractivity contribution < 1.29 is 0 Å². The van der Waals surface area contributed by atoms with E-state index < -0.39 is 0 Å². The normalized spacial score (nSPS) is 20.4. The van der Waals surface area contributed by atoms with Gasteiger partial charge in [0.2, 0.25) is 0 Å². The lowest BCUT2D eigenvalue weighted by Crippen LogP contribution is -2.46. The molecule has 3 aliphatic rings. The highest BCUT2D eigenvalue weighted by Crippen LogP contribution is 2.26. The molecule has 2 fully saturated rings. The Morgan fingerprint density at radius 3 is 2.58 bits per heavy atom. The number of amidine groups is 1. The molecule has 176 valence electrons. The van der Waals surface area contributed by atoms with Crippen LogP contribution in [0, 0.1) is 0 Å². The smallest absolute Gasteiger partial charge is 0.199 e. The van der Waals surface area contributed by atoms with Crippen molar-refractivity contribution >= 4 is 45.6 Å². The van der Waals surface area contributed by atoms with Crippen molar-refractivity contribution in [2.45, 2.75) is 44.6 Å². The van der Waals surface area contributed by atoms with Gasteiger partial charge in [0.05, 0.1) is 0 Å². The number of hydrogen-bond donors (Lipinski definition) is 2. The summed E-state index contributed by atoms with van der Waals surface area (Å²) in [6.07, 6.45) is 18.2. The number of nitrogens with zero attached hydrogens (tertiary/aromatic N) is 3. The van der Waals surface area contributed by atoms with Gasteiger partial charge in [-0.15, -0.1) is 0 Å². The van der Waals surface area contributed by atoms with Gasteiger partial charge in [0, 0.05) is 36.3 Å². The van der Waals surface area contributed by atoms with Crippen LogP contribution < -0.4 is 16.0 Å². The van der Waals surface area contributed by atoms with E-state index in [4.69, 9.17) is 18.0 Å². The Kier molecular flexibility index (Phi) is 9.03. The molecule has 7 heteroatoms. The topological polar surface area (TPSA) is 56.9 Å². The number of thioether (sulfide) groups is 1. The van der Waals surface area contributed by atoms with E-state index in [2.05, 4.69) is 74.8 Å². The number of hydrogen-bond acceptors (Lipinski definition) is 4. The fraction of sp³-hybridized carbons (Fsp3) is 0.462. The molecule has 1 aliphatic carbocycles. The van der Waals surface area contributed by atoms with Crippen LogP contribution in [-0.4, -0.2) is 53.2 Å². The van der Waals surface area contributed by atoms with Crippen LogP contribution in [0.15, 0.2) is 65.2 Å². The lowest BCUT2D eigenvalue weighted by Gasteiger charge is -2.41. The van der Waals surface area contributed by atoms with Gasteiger partial charge in [-0.3, -0.25) is 0 Å². The van der Waals surface area contributed by atoms with Crippen LogP contribution in [0.1, 0.15) is 38.5 Å². The van der Waals surface area contributed by atoms with Gasteiger partial charge in [0.15, 0.2) is 10.3 Å². The minimum Gasteiger partial charge on any atom is -0.378 e. The molecule has 4 rings (SSSR count). The average molecular weight is 482 g/mol. The molecule has 1 aromatic carbocycles. The number of aliphatic imine (C=N–C) groups is 1. The monoisotopic (exact) mass is 481 g/mol. The third-order valence-electron chi connectivity index (χ3n) is 6.53. The zero-order valence-corrected chi connectivity index (χ0v) is 20.9. The van der Waals surface area contributed by atoms with Crippen molar-refractivity contribution in [2.75, 3.05) is 42.1 Å². The van der Waals surface area contributed by atoms with E-state index in [1.165, 1.54) is 68.2 Å². The van der Waals surface area contributed by atoms with E-state index in [0.717, 1.165) is 37.0 Å². The summed E-state index contributed by atoms with van der Waals surface area (Å²) in [5, 5.41) is 4.06. The van der Waals surface area contributed by atoms with Crippen LogP contribution in [0.4, 0.5) is 11.4 Å². The molecule has 2 aliphatic heterocycles. The Hall–Kier alpha value is -2.09. The van der Waals surface area contributed by atoms with Crippen LogP contribution >= 0.6 is 24.0 Å². The first kappa shape index (κ1) is 24.0. The molecule has 0 aromatic heterocycles. The summed E-state index contributed by atoms with van der Waals surface area (Å²) in [6.45, 7) is 4.85.